The number of hydrogen-bond acceptors (Lipinski definition) is 6. The minimum Gasteiger partial charge on any atom is -0.493 e. The zero-order valence-corrected chi connectivity index (χ0v) is 26.3. The summed E-state index contributed by atoms with van der Waals surface area (Å²) in [5.41, 5.74) is 0.980. The quantitative estimate of drug-likeness (QED) is 0.125. The van der Waals surface area contributed by atoms with Crippen molar-refractivity contribution in [2.24, 2.45) is 10.2 Å². The van der Waals surface area contributed by atoms with E-state index in [0.717, 1.165) is 45.2 Å². The minimum absolute atomic E-state index is 0.0245. The number of rotatable bonds is 20. The predicted octanol–water partition coefficient (Wildman–Crippen LogP) is 9.11. The van der Waals surface area contributed by atoms with E-state index in [4.69, 9.17) is 0 Å². The molecule has 1 amide bonds. The molecule has 42 heavy (non-hydrogen) atoms. The van der Waals surface area contributed by atoms with Crippen molar-refractivity contribution >= 4 is 17.3 Å². The summed E-state index contributed by atoms with van der Waals surface area (Å²) in [6, 6.07) is 8.94. The molecule has 0 unspecified atom stereocenters. The molecule has 0 spiro atoms. The van der Waals surface area contributed by atoms with E-state index in [2.05, 4.69) is 24.1 Å². The lowest BCUT2D eigenvalue weighted by atomic mass is 10.1. The first-order valence-corrected chi connectivity index (χ1v) is 16.1. The van der Waals surface area contributed by atoms with Crippen LogP contribution in [0.1, 0.15) is 132 Å². The van der Waals surface area contributed by atoms with E-state index in [-0.39, 0.29) is 23.0 Å². The molecular formula is C34H51N5O3. The van der Waals surface area contributed by atoms with Gasteiger partial charge in [0.05, 0.1) is 5.69 Å². The summed E-state index contributed by atoms with van der Waals surface area (Å²) in [5, 5.41) is 28.4. The van der Waals surface area contributed by atoms with Gasteiger partial charge in [0.2, 0.25) is 5.88 Å². The number of benzene rings is 1. The smallest absolute Gasteiger partial charge is 0.281 e. The molecule has 0 saturated heterocycles. The number of nitriles is 1. The summed E-state index contributed by atoms with van der Waals surface area (Å²) in [6.07, 6.45) is 15.8. The largest absolute Gasteiger partial charge is 0.493 e. The Kier molecular flexibility index (Phi) is 16.2. The first-order valence-electron chi connectivity index (χ1n) is 16.1. The number of nitrogens with zero attached hydrogens (tertiary/aromatic N) is 5. The van der Waals surface area contributed by atoms with E-state index in [1.54, 1.807) is 31.2 Å². The Hall–Kier alpha value is -3.47. The van der Waals surface area contributed by atoms with Crippen LogP contribution >= 0.6 is 0 Å². The number of hydrogen-bond donors (Lipinski definition) is 1. The second-order valence-corrected chi connectivity index (χ2v) is 11.2. The van der Waals surface area contributed by atoms with Crippen molar-refractivity contribution in [3.8, 4) is 11.9 Å². The Labute approximate surface area is 252 Å². The van der Waals surface area contributed by atoms with Gasteiger partial charge in [-0.05, 0) is 50.5 Å². The zero-order valence-electron chi connectivity index (χ0n) is 26.3. The molecule has 1 heterocycles. The third kappa shape index (κ3) is 10.7. The molecule has 0 atom stereocenters. The van der Waals surface area contributed by atoms with Crippen LogP contribution in [0.2, 0.25) is 0 Å². The summed E-state index contributed by atoms with van der Waals surface area (Å²) in [4.78, 5) is 28.5. The molecule has 0 radical (unpaired) electrons. The maximum atomic E-state index is 13.5. The highest BCUT2D eigenvalue weighted by atomic mass is 16.3. The first-order chi connectivity index (χ1) is 20.4. The normalized spacial score (nSPS) is 11.2. The van der Waals surface area contributed by atoms with Crippen molar-refractivity contribution in [2.45, 2.75) is 124 Å². The molecular weight excluding hydrogens is 526 g/mol. The van der Waals surface area contributed by atoms with Crippen LogP contribution in [-0.4, -0.2) is 33.6 Å². The molecule has 2 aromatic rings. The predicted molar refractivity (Wildman–Crippen MR) is 170 cm³/mol. The lowest BCUT2D eigenvalue weighted by Gasteiger charge is -2.23. The fourth-order valence-corrected chi connectivity index (χ4v) is 5.02. The molecule has 0 fully saturated rings. The molecule has 8 nitrogen and oxygen atoms in total. The van der Waals surface area contributed by atoms with Gasteiger partial charge in [-0.15, -0.1) is 5.11 Å². The average molecular weight is 578 g/mol. The number of aromatic nitrogens is 1. The first kappa shape index (κ1) is 34.7. The van der Waals surface area contributed by atoms with Crippen LogP contribution < -0.4 is 5.56 Å². The Morgan fingerprint density at radius 2 is 1.36 bits per heavy atom. The summed E-state index contributed by atoms with van der Waals surface area (Å²) >= 11 is 0. The average Bonchev–Trinajstić information content (AvgIpc) is 2.99. The van der Waals surface area contributed by atoms with E-state index in [1.165, 1.54) is 55.9 Å². The van der Waals surface area contributed by atoms with Crippen molar-refractivity contribution < 1.29 is 9.90 Å². The van der Waals surface area contributed by atoms with Gasteiger partial charge in [0.25, 0.3) is 11.5 Å². The van der Waals surface area contributed by atoms with Crippen LogP contribution in [0, 0.1) is 18.3 Å². The number of unbranched alkanes of at least 4 members (excludes halogenated alkanes) is 11. The highest BCUT2D eigenvalue weighted by molar-refractivity contribution is 5.94. The SMILES string of the molecule is CCCCCCCCN(CCCCCCCC)C(=O)c1ccc(N=Nc2c(C)c(C#N)c(O)n(CCCC)c2=O)cc1. The van der Waals surface area contributed by atoms with Gasteiger partial charge in [0.1, 0.15) is 11.6 Å². The topological polar surface area (TPSA) is 111 Å². The van der Waals surface area contributed by atoms with Crippen LogP contribution in [0.4, 0.5) is 11.4 Å². The Morgan fingerprint density at radius 3 is 1.88 bits per heavy atom. The van der Waals surface area contributed by atoms with Crippen LogP contribution in [0.3, 0.4) is 0 Å². The van der Waals surface area contributed by atoms with Crippen molar-refractivity contribution in [1.82, 2.24) is 9.47 Å². The van der Waals surface area contributed by atoms with Crippen molar-refractivity contribution in [1.29, 1.82) is 5.26 Å². The standard InChI is InChI=1S/C34H51N5O3/c1-5-8-11-13-15-17-23-38(24-18-16-14-12-9-6-2)32(40)28-19-21-29(22-20-28)36-37-31-27(4)30(26-35)33(41)39(34(31)42)25-10-7-3/h19-22,41H,5-18,23-25H2,1-4H3. The Balaban J connectivity index is 2.15. The van der Waals surface area contributed by atoms with Gasteiger partial charge in [-0.1, -0.05) is 91.4 Å². The monoisotopic (exact) mass is 577 g/mol. The van der Waals surface area contributed by atoms with E-state index in [9.17, 15) is 20.0 Å². The summed E-state index contributed by atoms with van der Waals surface area (Å²) in [7, 11) is 0. The van der Waals surface area contributed by atoms with E-state index < -0.39 is 5.56 Å². The van der Waals surface area contributed by atoms with Gasteiger partial charge in [0, 0.05) is 30.8 Å². The molecule has 8 heteroatoms. The van der Waals surface area contributed by atoms with Gasteiger partial charge in [-0.2, -0.15) is 10.4 Å². The Bertz CT molecular complexity index is 1210. The second kappa shape index (κ2) is 19.6. The number of aromatic hydroxyl groups is 1. The molecule has 0 saturated carbocycles. The van der Waals surface area contributed by atoms with Crippen molar-refractivity contribution in [3.05, 3.63) is 51.3 Å². The fourth-order valence-electron chi connectivity index (χ4n) is 5.02. The highest BCUT2D eigenvalue weighted by Crippen LogP contribution is 2.27. The van der Waals surface area contributed by atoms with Gasteiger partial charge in [0.15, 0.2) is 5.69 Å². The van der Waals surface area contributed by atoms with Gasteiger partial charge < -0.3 is 10.0 Å². The fraction of sp³-hybridized carbons (Fsp3) is 0.618. The molecule has 0 bridgehead atoms. The molecule has 230 valence electrons. The van der Waals surface area contributed by atoms with E-state index in [0.29, 0.717) is 29.8 Å². The third-order valence-corrected chi connectivity index (χ3v) is 7.73. The number of carbonyl (C=O) groups excluding carboxylic acids is 1. The maximum Gasteiger partial charge on any atom is 0.281 e. The summed E-state index contributed by atoms with van der Waals surface area (Å²) < 4.78 is 1.19. The molecule has 2 rings (SSSR count). The summed E-state index contributed by atoms with van der Waals surface area (Å²) in [6.45, 7) is 9.85. The van der Waals surface area contributed by atoms with Gasteiger partial charge >= 0.3 is 0 Å². The van der Waals surface area contributed by atoms with Crippen molar-refractivity contribution in [3.63, 3.8) is 0 Å². The number of pyridine rings is 1. The van der Waals surface area contributed by atoms with Crippen LogP contribution in [-0.2, 0) is 6.54 Å². The van der Waals surface area contributed by atoms with Crippen molar-refractivity contribution in [2.75, 3.05) is 13.1 Å². The number of azo groups is 1. The summed E-state index contributed by atoms with van der Waals surface area (Å²) in [5.74, 6) is -0.297. The molecule has 1 aromatic carbocycles. The second-order valence-electron chi connectivity index (χ2n) is 11.2. The van der Waals surface area contributed by atoms with Gasteiger partial charge in [-0.25, -0.2) is 0 Å². The number of carbonyl (C=O) groups is 1. The molecule has 0 aliphatic rings. The molecule has 0 aliphatic heterocycles. The van der Waals surface area contributed by atoms with Crippen LogP contribution in [0.15, 0.2) is 39.3 Å². The molecule has 0 aliphatic carbocycles. The zero-order chi connectivity index (χ0) is 30.7. The Morgan fingerprint density at radius 1 is 0.833 bits per heavy atom. The van der Waals surface area contributed by atoms with E-state index >= 15 is 0 Å². The minimum atomic E-state index is -0.479. The lowest BCUT2D eigenvalue weighted by molar-refractivity contribution is 0.0749. The number of amides is 1. The molecule has 1 N–H and O–H groups in total. The lowest BCUT2D eigenvalue weighted by Crippen LogP contribution is -2.33. The van der Waals surface area contributed by atoms with E-state index in [1.807, 2.05) is 17.9 Å². The third-order valence-electron chi connectivity index (χ3n) is 7.73. The van der Waals surface area contributed by atoms with Gasteiger partial charge in [-0.3, -0.25) is 14.2 Å². The maximum absolute atomic E-state index is 13.5. The van der Waals surface area contributed by atoms with Crippen LogP contribution in [0.5, 0.6) is 5.88 Å². The highest BCUT2D eigenvalue weighted by Gasteiger charge is 2.19. The molecule has 1 aromatic heterocycles. The van der Waals surface area contributed by atoms with Crippen LogP contribution in [0.25, 0.3) is 0 Å².